The van der Waals surface area contributed by atoms with Crippen molar-refractivity contribution in [2.45, 2.75) is 12.8 Å². The maximum Gasteiger partial charge on any atom is 0.407 e. The van der Waals surface area contributed by atoms with E-state index in [1.165, 1.54) is 0 Å². The maximum absolute atomic E-state index is 10.9. The van der Waals surface area contributed by atoms with Gasteiger partial charge in [0.1, 0.15) is 0 Å². The van der Waals surface area contributed by atoms with Crippen LogP contribution >= 0.6 is 0 Å². The Morgan fingerprint density at radius 1 is 1.43 bits per heavy atom. The minimum absolute atomic E-state index is 0.0495. The van der Waals surface area contributed by atoms with Crippen LogP contribution in [-0.4, -0.2) is 56.5 Å². The molecule has 0 heterocycles. The summed E-state index contributed by atoms with van der Waals surface area (Å²) in [6.45, 7) is 1.89. The second kappa shape index (κ2) is 8.77. The second-order valence-electron chi connectivity index (χ2n) is 3.30. The molecule has 0 aromatic carbocycles. The number of hydrogen-bond donors (Lipinski definition) is 2. The highest BCUT2D eigenvalue weighted by atomic mass is 16.5. The van der Waals surface area contributed by atoms with Crippen molar-refractivity contribution in [3.05, 3.63) is 0 Å². The van der Waals surface area contributed by atoms with E-state index in [0.717, 1.165) is 13.0 Å². The molecule has 14 heavy (non-hydrogen) atoms. The third kappa shape index (κ3) is 9.28. The molecule has 0 bridgehead atoms. The Kier molecular flexibility index (Phi) is 8.27. The van der Waals surface area contributed by atoms with Crippen LogP contribution in [0, 0.1) is 0 Å². The molecule has 0 radical (unpaired) electrons. The van der Waals surface area contributed by atoms with Crippen molar-refractivity contribution in [1.29, 1.82) is 0 Å². The smallest absolute Gasteiger partial charge is 0.407 e. The van der Waals surface area contributed by atoms with Crippen LogP contribution < -0.4 is 5.32 Å². The predicted molar refractivity (Wildman–Crippen MR) is 54.2 cm³/mol. The summed E-state index contributed by atoms with van der Waals surface area (Å²) in [5.74, 6) is 0. The number of amides is 1. The number of nitrogens with one attached hydrogen (secondary N) is 1. The van der Waals surface area contributed by atoms with Crippen molar-refractivity contribution in [3.63, 3.8) is 0 Å². The van der Waals surface area contributed by atoms with Gasteiger partial charge in [0.2, 0.25) is 0 Å². The zero-order valence-electron chi connectivity index (χ0n) is 8.95. The third-order valence-corrected chi connectivity index (χ3v) is 1.59. The van der Waals surface area contributed by atoms with Crippen molar-refractivity contribution < 1.29 is 14.6 Å². The minimum atomic E-state index is -0.405. The molecule has 0 aliphatic carbocycles. The van der Waals surface area contributed by atoms with E-state index in [4.69, 9.17) is 9.84 Å². The van der Waals surface area contributed by atoms with Gasteiger partial charge in [0.15, 0.2) is 0 Å². The van der Waals surface area contributed by atoms with E-state index in [2.05, 4.69) is 10.2 Å². The Labute approximate surface area is 85.0 Å². The zero-order chi connectivity index (χ0) is 10.8. The largest absolute Gasteiger partial charge is 0.449 e. The van der Waals surface area contributed by atoms with E-state index in [1.54, 1.807) is 0 Å². The molecule has 0 aliphatic heterocycles. The molecule has 0 aromatic heterocycles. The van der Waals surface area contributed by atoms with Crippen LogP contribution in [0.4, 0.5) is 4.79 Å². The molecule has 0 fully saturated rings. The van der Waals surface area contributed by atoms with E-state index in [1.807, 2.05) is 14.1 Å². The van der Waals surface area contributed by atoms with Gasteiger partial charge in [-0.3, -0.25) is 0 Å². The lowest BCUT2D eigenvalue weighted by Gasteiger charge is -2.09. The quantitative estimate of drug-likeness (QED) is 0.575. The van der Waals surface area contributed by atoms with Crippen LogP contribution in [0.5, 0.6) is 0 Å². The molecule has 2 N–H and O–H groups in total. The first-order chi connectivity index (χ1) is 6.66. The molecular weight excluding hydrogens is 184 g/mol. The Balaban J connectivity index is 3.18. The average Bonchev–Trinajstić information content (AvgIpc) is 2.13. The van der Waals surface area contributed by atoms with Crippen molar-refractivity contribution in [2.75, 3.05) is 40.4 Å². The van der Waals surface area contributed by atoms with Gasteiger partial charge in [-0.2, -0.15) is 0 Å². The van der Waals surface area contributed by atoms with Gasteiger partial charge in [-0.25, -0.2) is 4.79 Å². The first-order valence-corrected chi connectivity index (χ1v) is 4.83. The van der Waals surface area contributed by atoms with Gasteiger partial charge in [0, 0.05) is 19.6 Å². The van der Waals surface area contributed by atoms with Crippen LogP contribution in [0.2, 0.25) is 0 Å². The molecule has 0 spiro atoms. The molecule has 0 aromatic rings. The summed E-state index contributed by atoms with van der Waals surface area (Å²) in [4.78, 5) is 13.0. The SMILES string of the molecule is CN(C)CCCNC(=O)OCCCO. The number of carbonyl (C=O) groups excluding carboxylic acids is 1. The number of carbonyl (C=O) groups is 1. The molecule has 1 amide bonds. The van der Waals surface area contributed by atoms with Crippen LogP contribution in [0.15, 0.2) is 0 Å². The molecule has 5 nitrogen and oxygen atoms in total. The summed E-state index contributed by atoms with van der Waals surface area (Å²) in [6, 6.07) is 0. The van der Waals surface area contributed by atoms with Crippen LogP contribution in [-0.2, 0) is 4.74 Å². The highest BCUT2D eigenvalue weighted by Crippen LogP contribution is 1.84. The number of nitrogens with zero attached hydrogens (tertiary/aromatic N) is 1. The normalized spacial score (nSPS) is 10.3. The van der Waals surface area contributed by atoms with Crippen molar-refractivity contribution in [2.24, 2.45) is 0 Å². The highest BCUT2D eigenvalue weighted by molar-refractivity contribution is 5.66. The fourth-order valence-electron chi connectivity index (χ4n) is 0.866. The van der Waals surface area contributed by atoms with Crippen molar-refractivity contribution in [3.8, 4) is 0 Å². The van der Waals surface area contributed by atoms with E-state index >= 15 is 0 Å². The molecule has 0 unspecified atom stereocenters. The summed E-state index contributed by atoms with van der Waals surface area (Å²) >= 11 is 0. The Morgan fingerprint density at radius 2 is 2.14 bits per heavy atom. The number of alkyl carbamates (subject to hydrolysis) is 1. The number of aliphatic hydroxyl groups is 1. The van der Waals surface area contributed by atoms with E-state index in [0.29, 0.717) is 13.0 Å². The molecule has 84 valence electrons. The number of aliphatic hydroxyl groups excluding tert-OH is 1. The molecule has 0 saturated heterocycles. The molecule has 5 heteroatoms. The van der Waals surface area contributed by atoms with Gasteiger partial charge in [-0.1, -0.05) is 0 Å². The fourth-order valence-corrected chi connectivity index (χ4v) is 0.866. The summed E-state index contributed by atoms with van der Waals surface area (Å²) in [6.07, 6.45) is 0.991. The number of ether oxygens (including phenoxy) is 1. The lowest BCUT2D eigenvalue weighted by molar-refractivity contribution is 0.135. The van der Waals surface area contributed by atoms with Crippen LogP contribution in [0.3, 0.4) is 0 Å². The molecular formula is C9H20N2O3. The van der Waals surface area contributed by atoms with E-state index in [-0.39, 0.29) is 13.2 Å². The lowest BCUT2D eigenvalue weighted by Crippen LogP contribution is -2.28. The number of hydrogen-bond acceptors (Lipinski definition) is 4. The van der Waals surface area contributed by atoms with Gasteiger partial charge in [0.05, 0.1) is 6.61 Å². The summed E-state index contributed by atoms with van der Waals surface area (Å²) in [7, 11) is 3.97. The zero-order valence-corrected chi connectivity index (χ0v) is 8.95. The Morgan fingerprint density at radius 3 is 2.71 bits per heavy atom. The monoisotopic (exact) mass is 204 g/mol. The summed E-state index contributed by atoms with van der Waals surface area (Å²) < 4.78 is 4.77. The van der Waals surface area contributed by atoms with Crippen LogP contribution in [0.25, 0.3) is 0 Å². The predicted octanol–water partition coefficient (Wildman–Crippen LogP) is 0.0467. The van der Waals surface area contributed by atoms with Crippen LogP contribution in [0.1, 0.15) is 12.8 Å². The van der Waals surface area contributed by atoms with Crippen molar-refractivity contribution >= 4 is 6.09 Å². The van der Waals surface area contributed by atoms with E-state index < -0.39 is 6.09 Å². The van der Waals surface area contributed by atoms with Gasteiger partial charge < -0.3 is 20.1 Å². The molecule has 0 saturated carbocycles. The average molecular weight is 204 g/mol. The topological polar surface area (TPSA) is 61.8 Å². The van der Waals surface area contributed by atoms with Gasteiger partial charge in [-0.15, -0.1) is 0 Å². The minimum Gasteiger partial charge on any atom is -0.449 e. The fraction of sp³-hybridized carbons (Fsp3) is 0.889. The first-order valence-electron chi connectivity index (χ1n) is 4.83. The summed E-state index contributed by atoms with van der Waals surface area (Å²) in [5.41, 5.74) is 0. The standard InChI is InChI=1S/C9H20N2O3/c1-11(2)6-3-5-10-9(13)14-8-4-7-12/h12H,3-8H2,1-2H3,(H,10,13). The van der Waals surface area contributed by atoms with Gasteiger partial charge in [0.25, 0.3) is 0 Å². The molecule has 0 rings (SSSR count). The Hall–Kier alpha value is -0.810. The Bertz CT molecular complexity index is 151. The van der Waals surface area contributed by atoms with Gasteiger partial charge in [-0.05, 0) is 27.1 Å². The summed E-state index contributed by atoms with van der Waals surface area (Å²) in [5, 5.41) is 11.1. The highest BCUT2D eigenvalue weighted by Gasteiger charge is 1.99. The number of rotatable bonds is 7. The molecule has 0 aliphatic rings. The van der Waals surface area contributed by atoms with Crippen molar-refractivity contribution in [1.82, 2.24) is 10.2 Å². The first kappa shape index (κ1) is 13.2. The van der Waals surface area contributed by atoms with E-state index in [9.17, 15) is 4.79 Å². The van der Waals surface area contributed by atoms with Gasteiger partial charge >= 0.3 is 6.09 Å². The lowest BCUT2D eigenvalue weighted by atomic mass is 10.4. The third-order valence-electron chi connectivity index (χ3n) is 1.59. The second-order valence-corrected chi connectivity index (χ2v) is 3.30. The maximum atomic E-state index is 10.9. The molecule has 0 atom stereocenters.